The van der Waals surface area contributed by atoms with Crippen LogP contribution in [-0.2, 0) is 16.8 Å². The van der Waals surface area contributed by atoms with Crippen LogP contribution >= 0.6 is 11.3 Å². The second-order valence-electron chi connectivity index (χ2n) is 4.22. The predicted molar refractivity (Wildman–Crippen MR) is 81.7 cm³/mol. The number of carbonyl (C=O) groups excluding carboxylic acids is 2. The van der Waals surface area contributed by atoms with Crippen molar-refractivity contribution < 1.29 is 22.7 Å². The van der Waals surface area contributed by atoms with E-state index >= 15 is 0 Å². The van der Waals surface area contributed by atoms with Crippen molar-refractivity contribution in [3.8, 4) is 0 Å². The first kappa shape index (κ1) is 16.3. The van der Waals surface area contributed by atoms with Crippen LogP contribution in [0.15, 0.2) is 30.3 Å². The van der Waals surface area contributed by atoms with E-state index in [1.165, 1.54) is 24.3 Å². The zero-order chi connectivity index (χ0) is 16.3. The second kappa shape index (κ2) is 6.77. The molecule has 0 aliphatic heterocycles. The van der Waals surface area contributed by atoms with Crippen molar-refractivity contribution in [1.82, 2.24) is 0 Å². The lowest BCUT2D eigenvalue weighted by atomic mass is 10.2. The van der Waals surface area contributed by atoms with Crippen LogP contribution in [0.1, 0.15) is 25.6 Å². The second-order valence-corrected chi connectivity index (χ2v) is 6.29. The summed E-state index contributed by atoms with van der Waals surface area (Å²) >= 11 is -1.15. The summed E-state index contributed by atoms with van der Waals surface area (Å²) in [6, 6.07) is 6.71. The van der Waals surface area contributed by atoms with E-state index < -0.39 is 28.7 Å². The summed E-state index contributed by atoms with van der Waals surface area (Å²) in [4.78, 5) is 23.8. The first-order chi connectivity index (χ1) is 10.4. The summed E-state index contributed by atoms with van der Waals surface area (Å²) in [6.45, 7) is 0. The number of hydrogen-bond donors (Lipinski definition) is 3. The van der Waals surface area contributed by atoms with Crippen molar-refractivity contribution in [2.24, 2.45) is 5.73 Å². The van der Waals surface area contributed by atoms with Gasteiger partial charge in [-0.2, -0.15) is 0 Å². The zero-order valence-electron chi connectivity index (χ0n) is 11.0. The molecule has 0 aliphatic carbocycles. The first-order valence-corrected chi connectivity index (χ1v) is 8.03. The van der Waals surface area contributed by atoms with Crippen LogP contribution in [-0.4, -0.2) is 20.6 Å². The molecule has 22 heavy (non-hydrogen) atoms. The molecule has 0 bridgehead atoms. The third-order valence-electron chi connectivity index (χ3n) is 2.66. The quantitative estimate of drug-likeness (QED) is 0.722. The third kappa shape index (κ3) is 3.75. The molecule has 1 unspecified atom stereocenters. The summed E-state index contributed by atoms with van der Waals surface area (Å²) in [6.07, 6.45) is 0. The number of thiophene rings is 1. The highest BCUT2D eigenvalue weighted by Crippen LogP contribution is 2.29. The number of hydrogen-bond acceptors (Lipinski definition) is 4. The fourth-order valence-corrected chi connectivity index (χ4v) is 3.44. The molecule has 0 radical (unpaired) electrons. The topological polar surface area (TPSA) is 109 Å². The molecular formula is C13H11FN2O4S2. The summed E-state index contributed by atoms with van der Waals surface area (Å²) in [7, 11) is 0. The van der Waals surface area contributed by atoms with Crippen LogP contribution in [0, 0.1) is 5.82 Å². The van der Waals surface area contributed by atoms with Gasteiger partial charge in [0.05, 0.1) is 16.9 Å². The average molecular weight is 342 g/mol. The number of rotatable bonds is 5. The summed E-state index contributed by atoms with van der Waals surface area (Å²) in [5.74, 6) is -2.43. The van der Waals surface area contributed by atoms with Gasteiger partial charge in [0.25, 0.3) is 11.8 Å². The highest BCUT2D eigenvalue weighted by molar-refractivity contribution is 7.78. The van der Waals surface area contributed by atoms with E-state index in [4.69, 9.17) is 10.3 Å². The molecule has 9 heteroatoms. The molecule has 0 aliphatic rings. The van der Waals surface area contributed by atoms with Crippen LogP contribution < -0.4 is 11.1 Å². The van der Waals surface area contributed by atoms with Gasteiger partial charge in [-0.15, -0.1) is 11.3 Å². The van der Waals surface area contributed by atoms with Crippen molar-refractivity contribution in [2.75, 3.05) is 5.32 Å². The number of amides is 2. The maximum absolute atomic E-state index is 13.6. The molecule has 0 spiro atoms. The fourth-order valence-electron chi connectivity index (χ4n) is 1.73. The van der Waals surface area contributed by atoms with Gasteiger partial charge >= 0.3 is 0 Å². The number of primary amides is 1. The van der Waals surface area contributed by atoms with Crippen molar-refractivity contribution >= 4 is 39.2 Å². The highest BCUT2D eigenvalue weighted by Gasteiger charge is 2.19. The Morgan fingerprint density at radius 3 is 2.59 bits per heavy atom. The minimum atomic E-state index is -2.09. The third-order valence-corrected chi connectivity index (χ3v) is 4.45. The Balaban J connectivity index is 2.30. The molecule has 2 rings (SSSR count). The molecular weight excluding hydrogens is 331 g/mol. The lowest BCUT2D eigenvalue weighted by Crippen LogP contribution is -2.17. The number of halogens is 1. The number of benzene rings is 1. The smallest absolute Gasteiger partial charge is 0.259 e. The summed E-state index contributed by atoms with van der Waals surface area (Å²) in [5, 5.41) is 2.51. The Bertz CT molecular complexity index is 760. The fraction of sp³-hybridized carbons (Fsp3) is 0.0769. The molecule has 1 heterocycles. The number of carbonyl (C=O) groups is 2. The molecule has 2 amide bonds. The van der Waals surface area contributed by atoms with E-state index in [1.54, 1.807) is 0 Å². The Labute approximate surface area is 131 Å². The van der Waals surface area contributed by atoms with Gasteiger partial charge in [-0.25, -0.2) is 8.60 Å². The molecule has 0 fully saturated rings. The Kier molecular flexibility index (Phi) is 5.01. The average Bonchev–Trinajstić information content (AvgIpc) is 2.81. The van der Waals surface area contributed by atoms with Gasteiger partial charge in [-0.05, 0) is 18.2 Å². The number of nitrogens with two attached hydrogens (primary N) is 1. The molecule has 6 nitrogen and oxygen atoms in total. The van der Waals surface area contributed by atoms with Crippen molar-refractivity contribution in [3.05, 3.63) is 52.2 Å². The van der Waals surface area contributed by atoms with Gasteiger partial charge in [0.1, 0.15) is 10.8 Å². The molecule has 116 valence electrons. The van der Waals surface area contributed by atoms with Gasteiger partial charge in [0, 0.05) is 4.88 Å². The van der Waals surface area contributed by atoms with Crippen LogP contribution in [0.4, 0.5) is 9.39 Å². The van der Waals surface area contributed by atoms with E-state index in [-0.39, 0.29) is 21.9 Å². The van der Waals surface area contributed by atoms with Gasteiger partial charge in [-0.1, -0.05) is 12.1 Å². The largest absolute Gasteiger partial charge is 0.366 e. The van der Waals surface area contributed by atoms with E-state index in [1.807, 2.05) is 0 Å². The minimum absolute atomic E-state index is 0.00939. The predicted octanol–water partition coefficient (Wildman–Crippen LogP) is 1.96. The monoisotopic (exact) mass is 342 g/mol. The lowest BCUT2D eigenvalue weighted by Gasteiger charge is -2.05. The molecule has 4 N–H and O–H groups in total. The maximum Gasteiger partial charge on any atom is 0.259 e. The van der Waals surface area contributed by atoms with Gasteiger partial charge < -0.3 is 15.6 Å². The highest BCUT2D eigenvalue weighted by atomic mass is 32.2. The van der Waals surface area contributed by atoms with Gasteiger partial charge in [-0.3, -0.25) is 9.59 Å². The number of nitrogens with one attached hydrogen (secondary N) is 1. The Hall–Kier alpha value is -2.10. The molecule has 1 aromatic carbocycles. The Morgan fingerprint density at radius 2 is 2.00 bits per heavy atom. The number of anilines is 1. The van der Waals surface area contributed by atoms with Crippen molar-refractivity contribution in [2.45, 2.75) is 5.75 Å². The molecule has 1 atom stereocenters. The first-order valence-electron chi connectivity index (χ1n) is 5.94. The summed E-state index contributed by atoms with van der Waals surface area (Å²) < 4.78 is 33.2. The van der Waals surface area contributed by atoms with E-state index in [9.17, 15) is 18.2 Å². The van der Waals surface area contributed by atoms with E-state index in [0.717, 1.165) is 17.4 Å². The SMILES string of the molecule is NC(=O)c1cc(CS(=O)O)sc1NC(=O)c1ccccc1F. The van der Waals surface area contributed by atoms with Gasteiger partial charge in [0.2, 0.25) is 0 Å². The van der Waals surface area contributed by atoms with Crippen LogP contribution in [0.3, 0.4) is 0 Å². The molecule has 0 saturated heterocycles. The standard InChI is InChI=1S/C13H11FN2O4S2/c14-10-4-2-1-3-8(10)12(18)16-13-9(11(15)17)5-7(21-13)6-22(19)20/h1-5H,6H2,(H2,15,17)(H,16,18)(H,19,20). The van der Waals surface area contributed by atoms with Crippen molar-refractivity contribution in [1.29, 1.82) is 0 Å². The van der Waals surface area contributed by atoms with Crippen LogP contribution in [0.2, 0.25) is 0 Å². The normalized spacial score (nSPS) is 11.9. The minimum Gasteiger partial charge on any atom is -0.366 e. The molecule has 1 aromatic heterocycles. The molecule has 0 saturated carbocycles. The molecule has 2 aromatic rings. The lowest BCUT2D eigenvalue weighted by molar-refractivity contribution is 0.100. The van der Waals surface area contributed by atoms with Crippen molar-refractivity contribution in [3.63, 3.8) is 0 Å². The maximum atomic E-state index is 13.6. The van der Waals surface area contributed by atoms with Gasteiger partial charge in [0.15, 0.2) is 11.1 Å². The van der Waals surface area contributed by atoms with Crippen LogP contribution in [0.25, 0.3) is 0 Å². The zero-order valence-corrected chi connectivity index (χ0v) is 12.7. The van der Waals surface area contributed by atoms with E-state index in [0.29, 0.717) is 4.88 Å². The summed E-state index contributed by atoms with van der Waals surface area (Å²) in [5.41, 5.74) is 5.03. The Morgan fingerprint density at radius 1 is 1.32 bits per heavy atom. The van der Waals surface area contributed by atoms with Crippen LogP contribution in [0.5, 0.6) is 0 Å². The van der Waals surface area contributed by atoms with E-state index in [2.05, 4.69) is 5.32 Å².